The van der Waals surface area contributed by atoms with Crippen molar-refractivity contribution in [3.05, 3.63) is 54.6 Å². The monoisotopic (exact) mass is 438 g/mol. The smallest absolute Gasteiger partial charge is 0.411 e. The first kappa shape index (κ1) is 23.8. The number of carbonyl (C=O) groups is 2. The fraction of sp³-hybridized carbons (Fsp3) is 0.440. The molecular formula is C25H34N4O3. The molecule has 1 heterocycles. The van der Waals surface area contributed by atoms with Crippen LogP contribution in [0.1, 0.15) is 25.7 Å². The fourth-order valence-corrected chi connectivity index (χ4v) is 3.90. The molecule has 3 N–H and O–H groups in total. The number of anilines is 1. The van der Waals surface area contributed by atoms with E-state index in [1.54, 1.807) is 4.90 Å². The lowest BCUT2D eigenvalue weighted by Gasteiger charge is -2.31. The molecule has 0 radical (unpaired) electrons. The Morgan fingerprint density at radius 1 is 1.09 bits per heavy atom. The number of benzene rings is 2. The first-order chi connectivity index (χ1) is 15.6. The van der Waals surface area contributed by atoms with Gasteiger partial charge >= 0.3 is 6.09 Å². The molecule has 0 unspecified atom stereocenters. The van der Waals surface area contributed by atoms with E-state index >= 15 is 0 Å². The maximum Gasteiger partial charge on any atom is 0.411 e. The van der Waals surface area contributed by atoms with Crippen LogP contribution in [0.4, 0.5) is 10.5 Å². The summed E-state index contributed by atoms with van der Waals surface area (Å²) in [5.74, 6) is 0.147. The molecule has 2 aromatic carbocycles. The van der Waals surface area contributed by atoms with Gasteiger partial charge in [-0.15, -0.1) is 0 Å². The summed E-state index contributed by atoms with van der Waals surface area (Å²) in [4.78, 5) is 28.7. The molecule has 1 fully saturated rings. The molecule has 0 bridgehead atoms. The Bertz CT molecular complexity index is 867. The minimum absolute atomic E-state index is 0.113. The quantitative estimate of drug-likeness (QED) is 0.625. The van der Waals surface area contributed by atoms with E-state index in [2.05, 4.69) is 10.2 Å². The largest absolute Gasteiger partial charge is 0.446 e. The van der Waals surface area contributed by atoms with Gasteiger partial charge in [0.2, 0.25) is 5.91 Å². The van der Waals surface area contributed by atoms with Gasteiger partial charge in [0.15, 0.2) is 0 Å². The summed E-state index contributed by atoms with van der Waals surface area (Å²) in [6, 6.07) is 17.7. The van der Waals surface area contributed by atoms with Gasteiger partial charge < -0.3 is 20.3 Å². The Kier molecular flexibility index (Phi) is 9.07. The zero-order valence-electron chi connectivity index (χ0n) is 18.8. The van der Waals surface area contributed by atoms with E-state index in [-0.39, 0.29) is 12.0 Å². The second kappa shape index (κ2) is 12.2. The van der Waals surface area contributed by atoms with E-state index in [9.17, 15) is 9.59 Å². The molecule has 7 heteroatoms. The van der Waals surface area contributed by atoms with Gasteiger partial charge in [-0.25, -0.2) is 4.79 Å². The molecule has 2 aromatic rings. The van der Waals surface area contributed by atoms with Gasteiger partial charge in [-0.1, -0.05) is 48.5 Å². The van der Waals surface area contributed by atoms with Crippen LogP contribution in [0.15, 0.2) is 54.6 Å². The molecule has 1 saturated heterocycles. The van der Waals surface area contributed by atoms with Crippen molar-refractivity contribution in [3.63, 3.8) is 0 Å². The molecule has 172 valence electrons. The van der Waals surface area contributed by atoms with Crippen LogP contribution in [0.3, 0.4) is 0 Å². The maximum absolute atomic E-state index is 12.5. The molecule has 0 spiro atoms. The summed E-state index contributed by atoms with van der Waals surface area (Å²) < 4.78 is 5.68. The SMILES string of the molecule is CN(CCCN)C(=O)CCN1CCC(OC(=O)Nc2ccccc2-c2ccccc2)CC1. The number of piperidine rings is 1. The molecule has 32 heavy (non-hydrogen) atoms. The summed E-state index contributed by atoms with van der Waals surface area (Å²) in [5, 5.41) is 2.90. The molecule has 0 aromatic heterocycles. The van der Waals surface area contributed by atoms with E-state index in [1.165, 1.54) is 0 Å². The third kappa shape index (κ3) is 7.07. The summed E-state index contributed by atoms with van der Waals surface area (Å²) in [7, 11) is 1.83. The standard InChI is InChI=1S/C25H34N4O3/c1-28(16-7-15-26)24(30)14-19-29-17-12-21(13-18-29)32-25(31)27-23-11-6-5-10-22(23)20-8-3-2-4-9-20/h2-6,8-11,21H,7,12-19,26H2,1H3,(H,27,31). The van der Waals surface area contributed by atoms with Crippen molar-refractivity contribution < 1.29 is 14.3 Å². The molecular weight excluding hydrogens is 404 g/mol. The number of para-hydroxylation sites is 1. The normalized spacial score (nSPS) is 14.7. The highest BCUT2D eigenvalue weighted by Gasteiger charge is 2.23. The summed E-state index contributed by atoms with van der Waals surface area (Å²) in [5.41, 5.74) is 8.24. The number of ether oxygens (including phenoxy) is 1. The predicted molar refractivity (Wildman–Crippen MR) is 127 cm³/mol. The number of nitrogens with two attached hydrogens (primary N) is 1. The van der Waals surface area contributed by atoms with Gasteiger partial charge in [-0.3, -0.25) is 10.1 Å². The van der Waals surface area contributed by atoms with Crippen molar-refractivity contribution in [3.8, 4) is 11.1 Å². The van der Waals surface area contributed by atoms with Gasteiger partial charge in [0.25, 0.3) is 0 Å². The number of carbonyl (C=O) groups excluding carboxylic acids is 2. The zero-order chi connectivity index (χ0) is 22.8. The Hall–Kier alpha value is -2.90. The van der Waals surface area contributed by atoms with Gasteiger partial charge in [0.1, 0.15) is 6.10 Å². The predicted octanol–water partition coefficient (Wildman–Crippen LogP) is 3.56. The van der Waals surface area contributed by atoms with Crippen LogP contribution >= 0.6 is 0 Å². The minimum Gasteiger partial charge on any atom is -0.446 e. The number of likely N-dealkylation sites (tertiary alicyclic amines) is 1. The molecule has 3 rings (SSSR count). The van der Waals surface area contributed by atoms with Crippen LogP contribution in [-0.4, -0.2) is 67.7 Å². The minimum atomic E-state index is -0.427. The number of nitrogens with zero attached hydrogens (tertiary/aromatic N) is 2. The number of hydrogen-bond acceptors (Lipinski definition) is 5. The highest BCUT2D eigenvalue weighted by molar-refractivity contribution is 5.91. The molecule has 0 saturated carbocycles. The molecule has 2 amide bonds. The number of amides is 2. The van der Waals surface area contributed by atoms with Crippen LogP contribution in [-0.2, 0) is 9.53 Å². The Morgan fingerprint density at radius 3 is 2.50 bits per heavy atom. The van der Waals surface area contributed by atoms with Gasteiger partial charge in [0.05, 0.1) is 5.69 Å². The lowest BCUT2D eigenvalue weighted by molar-refractivity contribution is -0.130. The van der Waals surface area contributed by atoms with Crippen molar-refractivity contribution in [1.82, 2.24) is 9.80 Å². The number of nitrogens with one attached hydrogen (secondary N) is 1. The number of rotatable bonds is 9. The summed E-state index contributed by atoms with van der Waals surface area (Å²) in [6.07, 6.45) is 2.32. The van der Waals surface area contributed by atoms with E-state index < -0.39 is 6.09 Å². The van der Waals surface area contributed by atoms with E-state index in [0.717, 1.165) is 55.7 Å². The Balaban J connectivity index is 1.42. The van der Waals surface area contributed by atoms with Crippen LogP contribution in [0.25, 0.3) is 11.1 Å². The molecule has 7 nitrogen and oxygen atoms in total. The molecule has 1 aliphatic heterocycles. The van der Waals surface area contributed by atoms with Crippen LogP contribution in [0, 0.1) is 0 Å². The van der Waals surface area contributed by atoms with Gasteiger partial charge in [-0.2, -0.15) is 0 Å². The first-order valence-electron chi connectivity index (χ1n) is 11.4. The van der Waals surface area contributed by atoms with Gasteiger partial charge in [-0.05, 0) is 37.4 Å². The highest BCUT2D eigenvalue weighted by Crippen LogP contribution is 2.28. The van der Waals surface area contributed by atoms with Crippen molar-refractivity contribution >= 4 is 17.7 Å². The third-order valence-corrected chi connectivity index (χ3v) is 5.82. The maximum atomic E-state index is 12.5. The molecule has 0 aliphatic carbocycles. The van der Waals surface area contributed by atoms with Crippen molar-refractivity contribution in [2.75, 3.05) is 45.1 Å². The molecule has 0 atom stereocenters. The molecule has 1 aliphatic rings. The second-order valence-electron chi connectivity index (χ2n) is 8.19. The number of hydrogen-bond donors (Lipinski definition) is 2. The fourth-order valence-electron chi connectivity index (χ4n) is 3.90. The van der Waals surface area contributed by atoms with Crippen molar-refractivity contribution in [2.24, 2.45) is 5.73 Å². The van der Waals surface area contributed by atoms with Crippen LogP contribution in [0.5, 0.6) is 0 Å². The van der Waals surface area contributed by atoms with Crippen LogP contribution < -0.4 is 11.1 Å². The second-order valence-corrected chi connectivity index (χ2v) is 8.19. The van der Waals surface area contributed by atoms with E-state index in [0.29, 0.717) is 19.5 Å². The van der Waals surface area contributed by atoms with Gasteiger partial charge in [0, 0.05) is 45.2 Å². The van der Waals surface area contributed by atoms with Crippen LogP contribution in [0.2, 0.25) is 0 Å². The zero-order valence-corrected chi connectivity index (χ0v) is 18.8. The summed E-state index contributed by atoms with van der Waals surface area (Å²) in [6.45, 7) is 3.66. The Morgan fingerprint density at radius 2 is 1.78 bits per heavy atom. The average molecular weight is 439 g/mol. The van der Waals surface area contributed by atoms with E-state index in [4.69, 9.17) is 10.5 Å². The van der Waals surface area contributed by atoms with E-state index in [1.807, 2.05) is 61.6 Å². The third-order valence-electron chi connectivity index (χ3n) is 5.82. The highest BCUT2D eigenvalue weighted by atomic mass is 16.6. The average Bonchev–Trinajstić information content (AvgIpc) is 2.82. The topological polar surface area (TPSA) is 87.9 Å². The lowest BCUT2D eigenvalue weighted by atomic mass is 10.0. The lowest BCUT2D eigenvalue weighted by Crippen LogP contribution is -2.40. The first-order valence-corrected chi connectivity index (χ1v) is 11.4. The summed E-state index contributed by atoms with van der Waals surface area (Å²) >= 11 is 0. The van der Waals surface area contributed by atoms with Crippen molar-refractivity contribution in [2.45, 2.75) is 31.8 Å². The Labute approximate surface area is 190 Å². The van der Waals surface area contributed by atoms with Crippen molar-refractivity contribution in [1.29, 1.82) is 0 Å².